The number of hydrogen-bond acceptors (Lipinski definition) is 4. The van der Waals surface area contributed by atoms with E-state index in [2.05, 4.69) is 4.98 Å². The van der Waals surface area contributed by atoms with Crippen molar-refractivity contribution in [1.82, 2.24) is 4.98 Å². The summed E-state index contributed by atoms with van der Waals surface area (Å²) >= 11 is 5.84. The van der Waals surface area contributed by atoms with E-state index in [1.165, 1.54) is 0 Å². The molecule has 4 nitrogen and oxygen atoms in total. The first kappa shape index (κ1) is 15.3. The third-order valence-electron chi connectivity index (χ3n) is 3.62. The number of rotatable bonds is 3. The maximum Gasteiger partial charge on any atom is 0.342 e. The van der Waals surface area contributed by atoms with Gasteiger partial charge in [-0.05, 0) is 36.1 Å². The monoisotopic (exact) mass is 327 g/mol. The summed E-state index contributed by atoms with van der Waals surface area (Å²) in [6.45, 7) is 1.74. The lowest BCUT2D eigenvalue weighted by Gasteiger charge is -2.15. The maximum absolute atomic E-state index is 12.3. The number of phenols is 1. The molecule has 1 N–H and O–H groups in total. The Morgan fingerprint density at radius 2 is 2.00 bits per heavy atom. The summed E-state index contributed by atoms with van der Waals surface area (Å²) in [6, 6.07) is 14.0. The normalized spacial score (nSPS) is 12.1. The molecular formula is C18H14ClNO3. The van der Waals surface area contributed by atoms with Crippen LogP contribution in [0.25, 0.3) is 10.8 Å². The zero-order valence-electron chi connectivity index (χ0n) is 12.4. The van der Waals surface area contributed by atoms with E-state index in [0.717, 1.165) is 10.9 Å². The summed E-state index contributed by atoms with van der Waals surface area (Å²) in [6.07, 6.45) is 1.05. The number of esters is 1. The summed E-state index contributed by atoms with van der Waals surface area (Å²) in [7, 11) is 0. The van der Waals surface area contributed by atoms with Crippen LogP contribution < -0.4 is 0 Å². The standard InChI is InChI=1S/C18H14ClNO3/c1-11(13-8-9-20-16(19)10-13)23-18(22)15-7-6-12-4-2-3-5-14(12)17(15)21/h2-11,21H,1H3/t11-/m0/s1. The number of halogens is 1. The van der Waals surface area contributed by atoms with Gasteiger partial charge in [-0.3, -0.25) is 0 Å². The summed E-state index contributed by atoms with van der Waals surface area (Å²) < 4.78 is 5.42. The molecule has 5 heteroatoms. The van der Waals surface area contributed by atoms with E-state index in [4.69, 9.17) is 16.3 Å². The number of carbonyl (C=O) groups is 1. The van der Waals surface area contributed by atoms with Gasteiger partial charge in [-0.25, -0.2) is 9.78 Å². The van der Waals surface area contributed by atoms with Gasteiger partial charge in [-0.1, -0.05) is 41.9 Å². The number of aromatic hydroxyl groups is 1. The fourth-order valence-corrected chi connectivity index (χ4v) is 2.56. The Hall–Kier alpha value is -2.59. The molecule has 0 amide bonds. The Kier molecular flexibility index (Phi) is 4.17. The molecule has 0 aliphatic heterocycles. The average Bonchev–Trinajstić information content (AvgIpc) is 2.55. The number of aromatic nitrogens is 1. The molecule has 1 atom stereocenters. The van der Waals surface area contributed by atoms with Gasteiger partial charge in [0.2, 0.25) is 0 Å². The summed E-state index contributed by atoms with van der Waals surface area (Å²) in [5.41, 5.74) is 0.870. The smallest absolute Gasteiger partial charge is 0.342 e. The van der Waals surface area contributed by atoms with Gasteiger partial charge in [0.1, 0.15) is 22.6 Å². The fourth-order valence-electron chi connectivity index (χ4n) is 2.38. The lowest BCUT2D eigenvalue weighted by atomic mass is 10.1. The SMILES string of the molecule is C[C@H](OC(=O)c1ccc2ccccc2c1O)c1ccnc(Cl)c1. The predicted octanol–water partition coefficient (Wildman–Crippen LogP) is 4.51. The molecule has 23 heavy (non-hydrogen) atoms. The largest absolute Gasteiger partial charge is 0.506 e. The van der Waals surface area contributed by atoms with Crippen LogP contribution in [0.5, 0.6) is 5.75 Å². The lowest BCUT2D eigenvalue weighted by Crippen LogP contribution is -2.09. The minimum atomic E-state index is -0.589. The van der Waals surface area contributed by atoms with Crippen LogP contribution in [0.1, 0.15) is 28.9 Å². The molecule has 0 spiro atoms. The number of phenolic OH excluding ortho intramolecular Hbond substituents is 1. The number of nitrogens with zero attached hydrogens (tertiary/aromatic N) is 1. The van der Waals surface area contributed by atoms with E-state index >= 15 is 0 Å². The van der Waals surface area contributed by atoms with Gasteiger partial charge in [-0.15, -0.1) is 0 Å². The molecule has 116 valence electrons. The van der Waals surface area contributed by atoms with Crippen LogP contribution >= 0.6 is 11.6 Å². The second kappa shape index (κ2) is 6.26. The van der Waals surface area contributed by atoms with Crippen molar-refractivity contribution in [3.8, 4) is 5.75 Å². The summed E-state index contributed by atoms with van der Waals surface area (Å²) in [5, 5.41) is 12.1. The quantitative estimate of drug-likeness (QED) is 0.568. The van der Waals surface area contributed by atoms with Gasteiger partial charge in [0.25, 0.3) is 0 Å². The highest BCUT2D eigenvalue weighted by atomic mass is 35.5. The van der Waals surface area contributed by atoms with Crippen molar-refractivity contribution >= 4 is 28.3 Å². The van der Waals surface area contributed by atoms with E-state index in [0.29, 0.717) is 10.5 Å². The maximum atomic E-state index is 12.3. The van der Waals surface area contributed by atoms with E-state index < -0.39 is 12.1 Å². The van der Waals surface area contributed by atoms with Crippen molar-refractivity contribution in [2.45, 2.75) is 13.0 Å². The van der Waals surface area contributed by atoms with E-state index in [9.17, 15) is 9.90 Å². The zero-order chi connectivity index (χ0) is 16.4. The van der Waals surface area contributed by atoms with Crippen molar-refractivity contribution in [1.29, 1.82) is 0 Å². The van der Waals surface area contributed by atoms with Crippen LogP contribution in [0.2, 0.25) is 5.15 Å². The Balaban J connectivity index is 1.87. The molecule has 3 rings (SSSR count). The Labute approximate surface area is 138 Å². The van der Waals surface area contributed by atoms with Crippen LogP contribution in [0.3, 0.4) is 0 Å². The van der Waals surface area contributed by atoms with Crippen LogP contribution in [0.4, 0.5) is 0 Å². The Morgan fingerprint density at radius 3 is 2.78 bits per heavy atom. The number of pyridine rings is 1. The number of fused-ring (bicyclic) bond motifs is 1. The first-order valence-corrected chi connectivity index (χ1v) is 7.47. The molecule has 0 unspecified atom stereocenters. The van der Waals surface area contributed by atoms with Crippen molar-refractivity contribution in [3.05, 3.63) is 71.0 Å². The third-order valence-corrected chi connectivity index (χ3v) is 3.83. The molecule has 0 aliphatic carbocycles. The molecule has 3 aromatic rings. The van der Waals surface area contributed by atoms with Crippen LogP contribution in [0.15, 0.2) is 54.7 Å². The first-order valence-electron chi connectivity index (χ1n) is 7.09. The summed E-state index contributed by atoms with van der Waals surface area (Å²) in [5.74, 6) is -0.665. The van der Waals surface area contributed by atoms with Gasteiger partial charge in [0.15, 0.2) is 0 Å². The fraction of sp³-hybridized carbons (Fsp3) is 0.111. The van der Waals surface area contributed by atoms with Crippen LogP contribution in [0, 0.1) is 0 Å². The molecule has 2 aromatic carbocycles. The molecule has 1 aromatic heterocycles. The second-order valence-corrected chi connectivity index (χ2v) is 5.53. The van der Waals surface area contributed by atoms with Gasteiger partial charge in [-0.2, -0.15) is 0 Å². The molecular weight excluding hydrogens is 314 g/mol. The van der Waals surface area contributed by atoms with Crippen LogP contribution in [-0.2, 0) is 4.74 Å². The van der Waals surface area contributed by atoms with E-state index in [1.807, 2.05) is 12.1 Å². The Bertz CT molecular complexity index is 879. The topological polar surface area (TPSA) is 59.4 Å². The first-order chi connectivity index (χ1) is 11.1. The van der Waals surface area contributed by atoms with Crippen molar-refractivity contribution < 1.29 is 14.6 Å². The molecule has 0 saturated carbocycles. The minimum absolute atomic E-state index is 0.0759. The highest BCUT2D eigenvalue weighted by molar-refractivity contribution is 6.29. The van der Waals surface area contributed by atoms with Gasteiger partial charge in [0, 0.05) is 11.6 Å². The number of hydrogen-bond donors (Lipinski definition) is 1. The highest BCUT2D eigenvalue weighted by Gasteiger charge is 2.18. The molecule has 0 bridgehead atoms. The van der Waals surface area contributed by atoms with Crippen LogP contribution in [-0.4, -0.2) is 16.1 Å². The van der Waals surface area contributed by atoms with Gasteiger partial charge in [0.05, 0.1) is 0 Å². The van der Waals surface area contributed by atoms with E-state index in [-0.39, 0.29) is 11.3 Å². The molecule has 0 aliphatic rings. The lowest BCUT2D eigenvalue weighted by molar-refractivity contribution is 0.0335. The Morgan fingerprint density at radius 1 is 1.22 bits per heavy atom. The number of ether oxygens (including phenoxy) is 1. The van der Waals surface area contributed by atoms with Crippen molar-refractivity contribution in [3.63, 3.8) is 0 Å². The summed E-state index contributed by atoms with van der Waals surface area (Å²) in [4.78, 5) is 16.2. The minimum Gasteiger partial charge on any atom is -0.506 e. The predicted molar refractivity (Wildman–Crippen MR) is 88.7 cm³/mol. The van der Waals surface area contributed by atoms with E-state index in [1.54, 1.807) is 49.5 Å². The molecule has 1 heterocycles. The highest BCUT2D eigenvalue weighted by Crippen LogP contribution is 2.30. The second-order valence-electron chi connectivity index (χ2n) is 5.14. The van der Waals surface area contributed by atoms with Crippen molar-refractivity contribution in [2.75, 3.05) is 0 Å². The van der Waals surface area contributed by atoms with Gasteiger partial charge < -0.3 is 9.84 Å². The molecule has 0 saturated heterocycles. The zero-order valence-corrected chi connectivity index (χ0v) is 13.1. The number of benzene rings is 2. The third kappa shape index (κ3) is 3.12. The number of carbonyl (C=O) groups excluding carboxylic acids is 1. The van der Waals surface area contributed by atoms with Crippen molar-refractivity contribution in [2.24, 2.45) is 0 Å². The van der Waals surface area contributed by atoms with Gasteiger partial charge >= 0.3 is 5.97 Å². The molecule has 0 fully saturated rings. The molecule has 0 radical (unpaired) electrons. The average molecular weight is 328 g/mol.